The SMILES string of the molecule is CCN(CC)C(=O)Oc1ccc2c(ccn2Cc2cccc(Cl)c2)c1-c1ccc(F)c(F)c1. The quantitative estimate of drug-likeness (QED) is 0.301. The zero-order valence-corrected chi connectivity index (χ0v) is 19.1. The number of amides is 1. The molecule has 4 rings (SSSR count). The first kappa shape index (κ1) is 22.8. The normalized spacial score (nSPS) is 11.1. The van der Waals surface area contributed by atoms with Crippen LogP contribution < -0.4 is 4.74 Å². The summed E-state index contributed by atoms with van der Waals surface area (Å²) in [7, 11) is 0. The van der Waals surface area contributed by atoms with Crippen molar-refractivity contribution in [3.63, 3.8) is 0 Å². The number of carbonyl (C=O) groups is 1. The van der Waals surface area contributed by atoms with E-state index in [0.717, 1.165) is 28.6 Å². The van der Waals surface area contributed by atoms with Gasteiger partial charge in [-0.15, -0.1) is 0 Å². The zero-order valence-electron chi connectivity index (χ0n) is 18.3. The Hall–Kier alpha value is -3.38. The van der Waals surface area contributed by atoms with Gasteiger partial charge >= 0.3 is 6.09 Å². The van der Waals surface area contributed by atoms with E-state index in [0.29, 0.717) is 35.8 Å². The number of carbonyl (C=O) groups excluding carboxylic acids is 1. The molecule has 0 atom stereocenters. The minimum absolute atomic E-state index is 0.283. The minimum Gasteiger partial charge on any atom is -0.410 e. The van der Waals surface area contributed by atoms with Crippen molar-refractivity contribution in [2.45, 2.75) is 20.4 Å². The van der Waals surface area contributed by atoms with Crippen molar-refractivity contribution in [2.24, 2.45) is 0 Å². The Kier molecular flexibility index (Phi) is 6.65. The number of aromatic nitrogens is 1. The fourth-order valence-corrected chi connectivity index (χ4v) is 4.11. The van der Waals surface area contributed by atoms with E-state index >= 15 is 0 Å². The summed E-state index contributed by atoms with van der Waals surface area (Å²) in [5, 5.41) is 1.41. The Bertz CT molecular complexity index is 1320. The number of benzene rings is 3. The van der Waals surface area contributed by atoms with E-state index in [4.69, 9.17) is 16.3 Å². The first-order valence-electron chi connectivity index (χ1n) is 10.7. The number of nitrogens with zero attached hydrogens (tertiary/aromatic N) is 2. The Morgan fingerprint density at radius 1 is 1.00 bits per heavy atom. The molecule has 0 N–H and O–H groups in total. The molecular weight excluding hydrogens is 446 g/mol. The molecule has 0 radical (unpaired) electrons. The molecule has 0 aliphatic rings. The molecule has 0 saturated carbocycles. The predicted molar refractivity (Wildman–Crippen MR) is 127 cm³/mol. The van der Waals surface area contributed by atoms with E-state index in [1.807, 2.05) is 61.0 Å². The van der Waals surface area contributed by atoms with Crippen molar-refractivity contribution in [3.05, 3.63) is 89.1 Å². The number of fused-ring (bicyclic) bond motifs is 1. The van der Waals surface area contributed by atoms with Crippen LogP contribution in [0.5, 0.6) is 5.75 Å². The highest BCUT2D eigenvalue weighted by Crippen LogP contribution is 2.38. The van der Waals surface area contributed by atoms with Gasteiger partial charge in [0.05, 0.1) is 0 Å². The van der Waals surface area contributed by atoms with Crippen LogP contribution in [0.4, 0.5) is 13.6 Å². The molecule has 1 amide bonds. The summed E-state index contributed by atoms with van der Waals surface area (Å²) >= 11 is 6.13. The molecule has 0 fully saturated rings. The van der Waals surface area contributed by atoms with E-state index in [1.165, 1.54) is 6.07 Å². The topological polar surface area (TPSA) is 34.5 Å². The number of hydrogen-bond donors (Lipinski definition) is 0. The number of ether oxygens (including phenoxy) is 1. The second kappa shape index (κ2) is 9.63. The molecule has 0 unspecified atom stereocenters. The third-order valence-corrected chi connectivity index (χ3v) is 5.82. The minimum atomic E-state index is -0.969. The highest BCUT2D eigenvalue weighted by molar-refractivity contribution is 6.30. The van der Waals surface area contributed by atoms with Gasteiger partial charge in [-0.2, -0.15) is 0 Å². The average Bonchev–Trinajstić information content (AvgIpc) is 3.19. The van der Waals surface area contributed by atoms with Crippen LogP contribution in [0.2, 0.25) is 5.02 Å². The van der Waals surface area contributed by atoms with Crippen LogP contribution in [0.1, 0.15) is 19.4 Å². The maximum atomic E-state index is 14.1. The Morgan fingerprint density at radius 2 is 1.79 bits per heavy atom. The summed E-state index contributed by atoms with van der Waals surface area (Å²) < 4.78 is 35.5. The highest BCUT2D eigenvalue weighted by Gasteiger charge is 2.20. The van der Waals surface area contributed by atoms with Crippen molar-refractivity contribution >= 4 is 28.6 Å². The Labute approximate surface area is 196 Å². The van der Waals surface area contributed by atoms with Crippen LogP contribution in [-0.4, -0.2) is 28.6 Å². The molecule has 0 bridgehead atoms. The summed E-state index contributed by atoms with van der Waals surface area (Å²) in [6.07, 6.45) is 1.41. The summed E-state index contributed by atoms with van der Waals surface area (Å²) in [6.45, 7) is 5.28. The van der Waals surface area contributed by atoms with Crippen LogP contribution in [0.25, 0.3) is 22.0 Å². The lowest BCUT2D eigenvalue weighted by Gasteiger charge is -2.20. The van der Waals surface area contributed by atoms with Crippen LogP contribution in [-0.2, 0) is 6.54 Å². The first-order chi connectivity index (χ1) is 15.9. The number of halogens is 3. The van der Waals surface area contributed by atoms with Crippen molar-refractivity contribution in [2.75, 3.05) is 13.1 Å². The molecule has 4 nitrogen and oxygen atoms in total. The van der Waals surface area contributed by atoms with Crippen molar-refractivity contribution in [3.8, 4) is 16.9 Å². The standard InChI is InChI=1S/C26H23ClF2N2O2/c1-3-30(4-2)26(32)33-24-11-10-23-20(25(24)18-8-9-21(28)22(29)15-18)12-13-31(23)16-17-6-5-7-19(27)14-17/h5-15H,3-4,16H2,1-2H3. The van der Waals surface area contributed by atoms with Crippen LogP contribution >= 0.6 is 11.6 Å². The van der Waals surface area contributed by atoms with Gasteiger partial charge in [-0.1, -0.05) is 29.8 Å². The average molecular weight is 469 g/mol. The third kappa shape index (κ3) is 4.71. The van der Waals surface area contributed by atoms with Gasteiger partial charge < -0.3 is 14.2 Å². The maximum absolute atomic E-state index is 14.1. The van der Waals surface area contributed by atoms with E-state index in [-0.39, 0.29) is 5.75 Å². The molecule has 0 aliphatic heterocycles. The summed E-state index contributed by atoms with van der Waals surface area (Å²) in [5.41, 5.74) is 2.82. The fourth-order valence-electron chi connectivity index (χ4n) is 3.90. The Balaban J connectivity index is 1.83. The molecule has 3 aromatic carbocycles. The second-order valence-electron chi connectivity index (χ2n) is 7.61. The van der Waals surface area contributed by atoms with Gasteiger partial charge in [-0.3, -0.25) is 0 Å². The van der Waals surface area contributed by atoms with Gasteiger partial charge in [0.15, 0.2) is 11.6 Å². The van der Waals surface area contributed by atoms with E-state index in [1.54, 1.807) is 11.0 Å². The van der Waals surface area contributed by atoms with Gasteiger partial charge in [0.25, 0.3) is 0 Å². The second-order valence-corrected chi connectivity index (χ2v) is 8.05. The van der Waals surface area contributed by atoms with Crippen LogP contribution in [0, 0.1) is 11.6 Å². The van der Waals surface area contributed by atoms with Gasteiger partial charge in [0.2, 0.25) is 0 Å². The van der Waals surface area contributed by atoms with Crippen molar-refractivity contribution < 1.29 is 18.3 Å². The van der Waals surface area contributed by atoms with Crippen LogP contribution in [0.3, 0.4) is 0 Å². The molecular formula is C26H23ClF2N2O2. The summed E-state index contributed by atoms with van der Waals surface area (Å²) in [5.74, 6) is -1.62. The van der Waals surface area contributed by atoms with Gasteiger partial charge in [-0.25, -0.2) is 13.6 Å². The van der Waals surface area contributed by atoms with Crippen LogP contribution in [0.15, 0.2) is 66.9 Å². The maximum Gasteiger partial charge on any atom is 0.415 e. The fraction of sp³-hybridized carbons (Fsp3) is 0.192. The van der Waals surface area contributed by atoms with Crippen molar-refractivity contribution in [1.29, 1.82) is 0 Å². The summed E-state index contributed by atoms with van der Waals surface area (Å²) in [4.78, 5) is 14.2. The highest BCUT2D eigenvalue weighted by atomic mass is 35.5. The van der Waals surface area contributed by atoms with Crippen molar-refractivity contribution in [1.82, 2.24) is 9.47 Å². The third-order valence-electron chi connectivity index (χ3n) is 5.58. The lowest BCUT2D eigenvalue weighted by Crippen LogP contribution is -2.33. The number of rotatable bonds is 6. The van der Waals surface area contributed by atoms with E-state index in [9.17, 15) is 13.6 Å². The predicted octanol–water partition coefficient (Wildman–Crippen LogP) is 7.13. The zero-order chi connectivity index (χ0) is 23.5. The van der Waals surface area contributed by atoms with E-state index in [2.05, 4.69) is 0 Å². The number of hydrogen-bond acceptors (Lipinski definition) is 2. The molecule has 1 aromatic heterocycles. The smallest absolute Gasteiger partial charge is 0.410 e. The lowest BCUT2D eigenvalue weighted by molar-refractivity contribution is 0.157. The largest absolute Gasteiger partial charge is 0.415 e. The Morgan fingerprint density at radius 3 is 2.48 bits per heavy atom. The van der Waals surface area contributed by atoms with Gasteiger partial charge in [0, 0.05) is 47.3 Å². The molecule has 7 heteroatoms. The molecule has 0 saturated heterocycles. The monoisotopic (exact) mass is 468 g/mol. The summed E-state index contributed by atoms with van der Waals surface area (Å²) in [6, 6.07) is 16.7. The first-order valence-corrected chi connectivity index (χ1v) is 11.1. The molecule has 0 aliphatic carbocycles. The molecule has 0 spiro atoms. The molecule has 170 valence electrons. The molecule has 33 heavy (non-hydrogen) atoms. The molecule has 1 heterocycles. The van der Waals surface area contributed by atoms with E-state index < -0.39 is 17.7 Å². The lowest BCUT2D eigenvalue weighted by atomic mass is 10.00. The molecule has 4 aromatic rings. The van der Waals surface area contributed by atoms with Gasteiger partial charge in [-0.05, 0) is 67.4 Å². The van der Waals surface area contributed by atoms with Gasteiger partial charge in [0.1, 0.15) is 5.75 Å².